The van der Waals surface area contributed by atoms with Gasteiger partial charge in [-0.1, -0.05) is 6.92 Å². The number of methoxy groups -OCH3 is 2. The minimum absolute atomic E-state index is 0.0149. The highest BCUT2D eigenvalue weighted by Crippen LogP contribution is 2.33. The SMILES string of the molecule is COC(=O)CCCC(=O)N1CCN(c2cc(S(=O)(=O)N3CCC[C@H](C)C3)ccc2OC)CC1. The molecule has 0 aliphatic carbocycles. The van der Waals surface area contributed by atoms with Crippen molar-refractivity contribution in [3.8, 4) is 5.75 Å². The molecule has 10 heteroatoms. The van der Waals surface area contributed by atoms with Crippen molar-refractivity contribution in [1.29, 1.82) is 0 Å². The lowest BCUT2D eigenvalue weighted by atomic mass is 10.0. The molecule has 1 atom stereocenters. The molecule has 33 heavy (non-hydrogen) atoms. The van der Waals surface area contributed by atoms with Crippen molar-refractivity contribution in [2.24, 2.45) is 5.92 Å². The van der Waals surface area contributed by atoms with E-state index >= 15 is 0 Å². The van der Waals surface area contributed by atoms with Crippen LogP contribution in [0.15, 0.2) is 23.1 Å². The maximum Gasteiger partial charge on any atom is 0.305 e. The highest BCUT2D eigenvalue weighted by Gasteiger charge is 2.30. The maximum atomic E-state index is 13.3. The second-order valence-corrected chi connectivity index (χ2v) is 10.7. The highest BCUT2D eigenvalue weighted by molar-refractivity contribution is 7.89. The normalized spacial score (nSPS) is 19.9. The predicted molar refractivity (Wildman–Crippen MR) is 125 cm³/mol. The molecule has 1 aromatic rings. The number of benzene rings is 1. The van der Waals surface area contributed by atoms with Crippen molar-refractivity contribution in [3.63, 3.8) is 0 Å². The lowest BCUT2D eigenvalue weighted by Gasteiger charge is -2.37. The summed E-state index contributed by atoms with van der Waals surface area (Å²) in [7, 11) is -0.668. The third kappa shape index (κ3) is 6.17. The van der Waals surface area contributed by atoms with Crippen LogP contribution in [0.2, 0.25) is 0 Å². The molecular formula is C23H35N3O6S. The maximum absolute atomic E-state index is 13.3. The second kappa shape index (κ2) is 11.2. The standard InChI is InChI=1S/C23H35N3O6S/c1-18-6-5-11-26(17-18)33(29,30)19-9-10-21(31-2)20(16-19)24-12-14-25(15-13-24)22(27)7-4-8-23(28)32-3/h9-10,16,18H,4-8,11-15,17H2,1-3H3/t18-/m0/s1. The Bertz CT molecular complexity index is 944. The van der Waals surface area contributed by atoms with Crippen LogP contribution in [0.1, 0.15) is 39.0 Å². The monoisotopic (exact) mass is 481 g/mol. The molecule has 0 unspecified atom stereocenters. The first kappa shape index (κ1) is 25.3. The summed E-state index contributed by atoms with van der Waals surface area (Å²) in [6, 6.07) is 5.01. The fourth-order valence-corrected chi connectivity index (χ4v) is 6.05. The number of hydrogen-bond donors (Lipinski definition) is 0. The van der Waals surface area contributed by atoms with Gasteiger partial charge in [-0.15, -0.1) is 0 Å². The number of rotatable bonds is 8. The van der Waals surface area contributed by atoms with E-state index in [0.29, 0.717) is 63.8 Å². The van der Waals surface area contributed by atoms with Crippen LogP contribution in [0.5, 0.6) is 5.75 Å². The van der Waals surface area contributed by atoms with Crippen molar-refractivity contribution in [2.75, 3.05) is 58.4 Å². The lowest BCUT2D eigenvalue weighted by molar-refractivity contribution is -0.140. The molecule has 184 valence electrons. The number of ether oxygens (including phenoxy) is 2. The van der Waals surface area contributed by atoms with Crippen LogP contribution in [0.4, 0.5) is 5.69 Å². The van der Waals surface area contributed by atoms with Gasteiger partial charge in [0.05, 0.1) is 24.8 Å². The van der Waals surface area contributed by atoms with Gasteiger partial charge in [0.1, 0.15) is 5.75 Å². The first-order valence-corrected chi connectivity index (χ1v) is 13.0. The molecule has 2 aliphatic heterocycles. The molecule has 2 saturated heterocycles. The fraction of sp³-hybridized carbons (Fsp3) is 0.652. The Morgan fingerprint density at radius 2 is 1.79 bits per heavy atom. The quantitative estimate of drug-likeness (QED) is 0.525. The zero-order valence-electron chi connectivity index (χ0n) is 19.8. The summed E-state index contributed by atoms with van der Waals surface area (Å²) in [5.41, 5.74) is 0.724. The van der Waals surface area contributed by atoms with Crippen molar-refractivity contribution in [3.05, 3.63) is 18.2 Å². The van der Waals surface area contributed by atoms with Gasteiger partial charge in [-0.3, -0.25) is 9.59 Å². The number of carbonyl (C=O) groups excluding carboxylic acids is 2. The summed E-state index contributed by atoms with van der Waals surface area (Å²) in [4.78, 5) is 27.8. The number of anilines is 1. The van der Waals surface area contributed by atoms with Crippen LogP contribution in [0.3, 0.4) is 0 Å². The molecular weight excluding hydrogens is 446 g/mol. The molecule has 0 saturated carbocycles. The van der Waals surface area contributed by atoms with Gasteiger partial charge in [0.15, 0.2) is 0 Å². The van der Waals surface area contributed by atoms with E-state index in [-0.39, 0.29) is 23.2 Å². The molecule has 9 nitrogen and oxygen atoms in total. The van der Waals surface area contributed by atoms with E-state index in [4.69, 9.17) is 4.74 Å². The van der Waals surface area contributed by atoms with Gasteiger partial charge in [0.2, 0.25) is 15.9 Å². The third-order valence-electron chi connectivity index (χ3n) is 6.38. The van der Waals surface area contributed by atoms with Gasteiger partial charge < -0.3 is 19.3 Å². The molecule has 1 amide bonds. The van der Waals surface area contributed by atoms with Gasteiger partial charge in [-0.05, 0) is 43.4 Å². The molecule has 2 fully saturated rings. The molecule has 3 rings (SSSR count). The molecule has 0 radical (unpaired) electrons. The summed E-state index contributed by atoms with van der Waals surface area (Å²) >= 11 is 0. The second-order valence-electron chi connectivity index (χ2n) is 8.74. The van der Waals surface area contributed by atoms with Crippen LogP contribution in [0, 0.1) is 5.92 Å². The average molecular weight is 482 g/mol. The number of amides is 1. The zero-order valence-corrected chi connectivity index (χ0v) is 20.6. The number of carbonyl (C=O) groups is 2. The highest BCUT2D eigenvalue weighted by atomic mass is 32.2. The van der Waals surface area contributed by atoms with Crippen molar-refractivity contribution in [2.45, 2.75) is 43.9 Å². The molecule has 2 aliphatic rings. The van der Waals surface area contributed by atoms with Crippen molar-refractivity contribution >= 4 is 27.6 Å². The Hall–Kier alpha value is -2.33. The summed E-state index contributed by atoms with van der Waals surface area (Å²) in [6.07, 6.45) is 2.93. The molecule has 2 heterocycles. The lowest BCUT2D eigenvalue weighted by Crippen LogP contribution is -2.49. The Morgan fingerprint density at radius 1 is 1.06 bits per heavy atom. The number of piperazine rings is 1. The minimum atomic E-state index is -3.58. The van der Waals surface area contributed by atoms with Gasteiger partial charge in [0, 0.05) is 52.1 Å². The summed E-state index contributed by atoms with van der Waals surface area (Å²) in [5.74, 6) is 0.665. The van der Waals surface area contributed by atoms with Crippen LogP contribution >= 0.6 is 0 Å². The summed E-state index contributed by atoms with van der Waals surface area (Å²) < 4.78 is 38.2. The third-order valence-corrected chi connectivity index (χ3v) is 8.24. The van der Waals surface area contributed by atoms with Crippen LogP contribution in [-0.4, -0.2) is 83.0 Å². The smallest absolute Gasteiger partial charge is 0.305 e. The minimum Gasteiger partial charge on any atom is -0.495 e. The van der Waals surface area contributed by atoms with Crippen LogP contribution < -0.4 is 9.64 Å². The fourth-order valence-electron chi connectivity index (χ4n) is 4.43. The Kier molecular flexibility index (Phi) is 8.58. The predicted octanol–water partition coefficient (Wildman–Crippen LogP) is 2.11. The average Bonchev–Trinajstić information content (AvgIpc) is 2.83. The van der Waals surface area contributed by atoms with E-state index in [2.05, 4.69) is 16.6 Å². The van der Waals surface area contributed by atoms with Gasteiger partial charge in [0.25, 0.3) is 0 Å². The number of nitrogens with zero attached hydrogens (tertiary/aromatic N) is 3. The number of sulfonamides is 1. The Labute approximate surface area is 196 Å². The van der Waals surface area contributed by atoms with Gasteiger partial charge in [-0.2, -0.15) is 4.31 Å². The van der Waals surface area contributed by atoms with E-state index in [1.807, 2.05) is 0 Å². The van der Waals surface area contributed by atoms with E-state index < -0.39 is 10.0 Å². The molecule has 0 bridgehead atoms. The number of piperidine rings is 1. The Morgan fingerprint density at radius 3 is 2.42 bits per heavy atom. The topological polar surface area (TPSA) is 96.5 Å². The molecule has 0 aromatic heterocycles. The van der Waals surface area contributed by atoms with Crippen molar-refractivity contribution < 1.29 is 27.5 Å². The van der Waals surface area contributed by atoms with Gasteiger partial charge >= 0.3 is 5.97 Å². The largest absolute Gasteiger partial charge is 0.495 e. The first-order valence-electron chi connectivity index (χ1n) is 11.5. The molecule has 0 spiro atoms. The number of esters is 1. The zero-order chi connectivity index (χ0) is 24.0. The first-order chi connectivity index (χ1) is 15.8. The Balaban J connectivity index is 1.67. The number of hydrogen-bond acceptors (Lipinski definition) is 7. The summed E-state index contributed by atoms with van der Waals surface area (Å²) in [5, 5.41) is 0. The van der Waals surface area contributed by atoms with Gasteiger partial charge in [-0.25, -0.2) is 8.42 Å². The summed E-state index contributed by atoms with van der Waals surface area (Å²) in [6.45, 7) is 5.37. The van der Waals surface area contributed by atoms with Crippen molar-refractivity contribution in [1.82, 2.24) is 9.21 Å². The molecule has 1 aromatic carbocycles. The van der Waals surface area contributed by atoms with E-state index in [1.54, 1.807) is 34.5 Å². The van der Waals surface area contributed by atoms with Crippen LogP contribution in [-0.2, 0) is 24.3 Å². The van der Waals surface area contributed by atoms with E-state index in [9.17, 15) is 18.0 Å². The van der Waals surface area contributed by atoms with E-state index in [0.717, 1.165) is 18.5 Å². The van der Waals surface area contributed by atoms with Crippen LogP contribution in [0.25, 0.3) is 0 Å². The van der Waals surface area contributed by atoms with E-state index in [1.165, 1.54) is 7.11 Å². The molecule has 0 N–H and O–H groups in total.